The third kappa shape index (κ3) is 2.64. The van der Waals surface area contributed by atoms with Gasteiger partial charge in [-0.05, 0) is 24.3 Å². The average molecular weight is 408 g/mol. The molecule has 0 aliphatic carbocycles. The third-order valence-corrected chi connectivity index (χ3v) is 4.71. The van der Waals surface area contributed by atoms with Gasteiger partial charge in [0.05, 0.1) is 19.2 Å². The Morgan fingerprint density at radius 1 is 1.20 bits per heavy atom. The molecule has 3 rings (SSSR count). The van der Waals surface area contributed by atoms with Crippen LogP contribution < -0.4 is 4.90 Å². The van der Waals surface area contributed by atoms with Gasteiger partial charge in [-0.2, -0.15) is 5.10 Å². The minimum Gasteiger partial charge on any atom is -0.464 e. The van der Waals surface area contributed by atoms with Gasteiger partial charge in [-0.3, -0.25) is 14.4 Å². The highest BCUT2D eigenvalue weighted by Crippen LogP contribution is 2.40. The van der Waals surface area contributed by atoms with E-state index < -0.39 is 29.2 Å². The van der Waals surface area contributed by atoms with Crippen molar-refractivity contribution >= 4 is 51.0 Å². The van der Waals surface area contributed by atoms with Gasteiger partial charge >= 0.3 is 5.97 Å². The minimum atomic E-state index is -1.51. The van der Waals surface area contributed by atoms with Gasteiger partial charge in [0, 0.05) is 17.8 Å². The van der Waals surface area contributed by atoms with Crippen LogP contribution in [0.2, 0.25) is 0 Å². The summed E-state index contributed by atoms with van der Waals surface area (Å²) in [6.45, 7) is 1.23. The fraction of sp³-hybridized carbons (Fsp3) is 0.312. The predicted octanol–water partition coefficient (Wildman–Crippen LogP) is 1.23. The van der Waals surface area contributed by atoms with Gasteiger partial charge in [-0.15, -0.1) is 0 Å². The maximum Gasteiger partial charge on any atom is 0.354 e. The highest BCUT2D eigenvalue weighted by molar-refractivity contribution is 9.10. The van der Waals surface area contributed by atoms with Crippen LogP contribution in [-0.4, -0.2) is 47.1 Å². The Morgan fingerprint density at radius 2 is 1.84 bits per heavy atom. The molecule has 1 spiro atoms. The molecule has 3 amide bonds. The summed E-state index contributed by atoms with van der Waals surface area (Å²) in [5, 5.41) is 4.87. The fourth-order valence-electron chi connectivity index (χ4n) is 3.09. The van der Waals surface area contributed by atoms with E-state index in [2.05, 4.69) is 25.8 Å². The molecule has 8 nitrogen and oxygen atoms in total. The molecule has 2 heterocycles. The lowest BCUT2D eigenvalue weighted by Gasteiger charge is -2.28. The van der Waals surface area contributed by atoms with E-state index >= 15 is 0 Å². The Balaban J connectivity index is 2.01. The minimum absolute atomic E-state index is 0.0588. The first-order valence-corrected chi connectivity index (χ1v) is 8.19. The van der Waals surface area contributed by atoms with E-state index in [4.69, 9.17) is 0 Å². The van der Waals surface area contributed by atoms with Crippen molar-refractivity contribution in [3.05, 3.63) is 28.7 Å². The fourth-order valence-corrected chi connectivity index (χ4v) is 3.35. The van der Waals surface area contributed by atoms with Gasteiger partial charge < -0.3 is 4.74 Å². The van der Waals surface area contributed by atoms with Gasteiger partial charge in [0.25, 0.3) is 5.91 Å². The second kappa shape index (κ2) is 6.07. The zero-order chi connectivity index (χ0) is 18.4. The van der Waals surface area contributed by atoms with Gasteiger partial charge in [0.2, 0.25) is 11.8 Å². The number of hydrogen-bond acceptors (Lipinski definition) is 6. The Morgan fingerprint density at radius 3 is 2.40 bits per heavy atom. The highest BCUT2D eigenvalue weighted by Gasteiger charge is 2.61. The van der Waals surface area contributed by atoms with Gasteiger partial charge in [-0.25, -0.2) is 14.7 Å². The van der Waals surface area contributed by atoms with Crippen LogP contribution in [0.1, 0.15) is 19.8 Å². The number of carbonyl (C=O) groups excluding carboxylic acids is 4. The molecular formula is C16H14BrN3O5. The third-order valence-electron chi connectivity index (χ3n) is 4.18. The number of amides is 3. The second-order valence-corrected chi connectivity index (χ2v) is 6.68. The molecule has 0 radical (unpaired) electrons. The van der Waals surface area contributed by atoms with E-state index in [1.165, 1.54) is 14.0 Å². The van der Waals surface area contributed by atoms with Crippen LogP contribution in [0.15, 0.2) is 33.8 Å². The summed E-state index contributed by atoms with van der Waals surface area (Å²) in [5.74, 6) is -2.30. The second-order valence-electron chi connectivity index (χ2n) is 5.76. The number of benzene rings is 1. The summed E-state index contributed by atoms with van der Waals surface area (Å²) >= 11 is 3.29. The van der Waals surface area contributed by atoms with E-state index in [1.54, 1.807) is 24.3 Å². The molecule has 130 valence electrons. The van der Waals surface area contributed by atoms with Crippen LogP contribution in [0.4, 0.5) is 5.69 Å². The van der Waals surface area contributed by atoms with E-state index in [9.17, 15) is 19.2 Å². The number of halogens is 1. The summed E-state index contributed by atoms with van der Waals surface area (Å²) < 4.78 is 5.43. The van der Waals surface area contributed by atoms with Crippen molar-refractivity contribution in [2.24, 2.45) is 5.10 Å². The standard InChI is InChI=1S/C16H14BrN3O5/c1-9(21)20-16(7-12(18-20)14(23)25-2)8-13(22)19(15(16)24)11-5-3-10(17)4-6-11/h3-6H,7-8H2,1-2H3/t16-/m0/s1. The number of imide groups is 1. The van der Waals surface area contributed by atoms with E-state index in [0.29, 0.717) is 5.69 Å². The van der Waals surface area contributed by atoms with Crippen molar-refractivity contribution in [3.8, 4) is 0 Å². The molecule has 1 aromatic carbocycles. The van der Waals surface area contributed by atoms with E-state index in [-0.39, 0.29) is 18.6 Å². The van der Waals surface area contributed by atoms with Gasteiger partial charge in [0.1, 0.15) is 5.71 Å². The maximum atomic E-state index is 13.1. The highest BCUT2D eigenvalue weighted by atomic mass is 79.9. The first-order chi connectivity index (χ1) is 11.8. The normalized spacial score (nSPS) is 22.6. The molecule has 2 aliphatic heterocycles. The number of anilines is 1. The number of ether oxygens (including phenoxy) is 1. The summed E-state index contributed by atoms with van der Waals surface area (Å²) in [4.78, 5) is 50.4. The maximum absolute atomic E-state index is 13.1. The number of hydrogen-bond donors (Lipinski definition) is 0. The van der Waals surface area contributed by atoms with Gasteiger partial charge in [-0.1, -0.05) is 15.9 Å². The Kier molecular flexibility index (Phi) is 4.19. The summed E-state index contributed by atoms with van der Waals surface area (Å²) in [7, 11) is 1.18. The number of rotatable bonds is 2. The lowest BCUT2D eigenvalue weighted by atomic mass is 9.91. The van der Waals surface area contributed by atoms with Crippen LogP contribution in [0.25, 0.3) is 0 Å². The number of esters is 1. The molecule has 1 atom stereocenters. The van der Waals surface area contributed by atoms with Crippen molar-refractivity contribution in [3.63, 3.8) is 0 Å². The summed E-state index contributed by atoms with van der Waals surface area (Å²) in [5.41, 5.74) is -1.18. The zero-order valence-corrected chi connectivity index (χ0v) is 15.1. The molecule has 1 aromatic rings. The molecule has 9 heteroatoms. The Labute approximate surface area is 151 Å². The molecule has 0 N–H and O–H groups in total. The van der Waals surface area contributed by atoms with E-state index in [0.717, 1.165) is 14.4 Å². The quantitative estimate of drug-likeness (QED) is 0.542. The van der Waals surface area contributed by atoms with E-state index in [1.807, 2.05) is 0 Å². The first-order valence-electron chi connectivity index (χ1n) is 7.40. The van der Waals surface area contributed by atoms with Crippen LogP contribution in [0.3, 0.4) is 0 Å². The molecule has 0 saturated carbocycles. The molecular weight excluding hydrogens is 394 g/mol. The Bertz CT molecular complexity index is 820. The molecule has 1 saturated heterocycles. The van der Waals surface area contributed by atoms with Gasteiger partial charge in [0.15, 0.2) is 5.54 Å². The van der Waals surface area contributed by atoms with Crippen molar-refractivity contribution in [1.29, 1.82) is 0 Å². The van der Waals surface area contributed by atoms with Crippen LogP contribution in [0, 0.1) is 0 Å². The molecule has 0 unspecified atom stereocenters. The molecule has 1 fully saturated rings. The van der Waals surface area contributed by atoms with Crippen LogP contribution in [0.5, 0.6) is 0 Å². The molecule has 0 bridgehead atoms. The van der Waals surface area contributed by atoms with Crippen molar-refractivity contribution in [2.75, 3.05) is 12.0 Å². The molecule has 25 heavy (non-hydrogen) atoms. The monoisotopic (exact) mass is 407 g/mol. The zero-order valence-electron chi connectivity index (χ0n) is 13.5. The van der Waals surface area contributed by atoms with Crippen LogP contribution >= 0.6 is 15.9 Å². The summed E-state index contributed by atoms with van der Waals surface area (Å²) in [6.07, 6.45) is -0.400. The lowest BCUT2D eigenvalue weighted by molar-refractivity contribution is -0.141. The first kappa shape index (κ1) is 17.3. The van der Waals surface area contributed by atoms with Crippen molar-refractivity contribution in [1.82, 2.24) is 5.01 Å². The summed E-state index contributed by atoms with van der Waals surface area (Å²) in [6, 6.07) is 6.64. The number of carbonyl (C=O) groups is 4. The SMILES string of the molecule is COC(=O)C1=NN(C(C)=O)[C@]2(CC(=O)N(c3ccc(Br)cc3)C2=O)C1. The lowest BCUT2D eigenvalue weighted by Crippen LogP contribution is -2.51. The Hall–Kier alpha value is -2.55. The number of methoxy groups -OCH3 is 1. The molecule has 0 aromatic heterocycles. The van der Waals surface area contributed by atoms with Crippen molar-refractivity contribution in [2.45, 2.75) is 25.3 Å². The molecule has 2 aliphatic rings. The van der Waals surface area contributed by atoms with Crippen molar-refractivity contribution < 1.29 is 23.9 Å². The topological polar surface area (TPSA) is 96.3 Å². The average Bonchev–Trinajstić information content (AvgIpc) is 3.07. The largest absolute Gasteiger partial charge is 0.464 e. The van der Waals surface area contributed by atoms with Crippen LogP contribution in [-0.2, 0) is 23.9 Å². The smallest absolute Gasteiger partial charge is 0.354 e. The number of nitrogens with zero attached hydrogens (tertiary/aromatic N) is 3. The number of hydrazone groups is 1. The predicted molar refractivity (Wildman–Crippen MR) is 90.6 cm³/mol.